The van der Waals surface area contributed by atoms with Crippen molar-refractivity contribution in [3.8, 4) is 0 Å². The Morgan fingerprint density at radius 2 is 1.40 bits per heavy atom. The van der Waals surface area contributed by atoms with Gasteiger partial charge in [0.05, 0.1) is 0 Å². The van der Waals surface area contributed by atoms with E-state index in [4.69, 9.17) is 0 Å². The zero-order valence-electron chi connectivity index (χ0n) is 10.8. The van der Waals surface area contributed by atoms with Gasteiger partial charge in [-0.3, -0.25) is 0 Å². The molecule has 0 aliphatic carbocycles. The second-order valence-corrected chi connectivity index (χ2v) is 5.42. The summed E-state index contributed by atoms with van der Waals surface area (Å²) in [4.78, 5) is 2.63. The Morgan fingerprint density at radius 1 is 0.933 bits per heavy atom. The van der Waals surface area contributed by atoms with Gasteiger partial charge in [-0.2, -0.15) is 12.6 Å². The van der Waals surface area contributed by atoms with Crippen LogP contribution in [0, 0.1) is 0 Å². The van der Waals surface area contributed by atoms with Gasteiger partial charge in [0, 0.05) is 0 Å². The molecule has 1 nitrogen and oxygen atoms in total. The number of nitrogens with zero attached hydrogens (tertiary/aromatic N) is 1. The van der Waals surface area contributed by atoms with Crippen LogP contribution in [0.15, 0.2) is 0 Å². The van der Waals surface area contributed by atoms with E-state index in [1.807, 2.05) is 0 Å². The minimum Gasteiger partial charge on any atom is -0.303 e. The SMILES string of the molecule is CCCCN(CCCC)CCCC(C)S. The van der Waals surface area contributed by atoms with E-state index in [2.05, 4.69) is 38.3 Å². The molecule has 92 valence electrons. The molecule has 0 amide bonds. The lowest BCUT2D eigenvalue weighted by molar-refractivity contribution is 0.260. The molecule has 0 radical (unpaired) electrons. The molecule has 0 saturated carbocycles. The normalized spacial score (nSPS) is 13.4. The molecule has 2 heteroatoms. The summed E-state index contributed by atoms with van der Waals surface area (Å²) in [6.45, 7) is 10.6. The van der Waals surface area contributed by atoms with E-state index in [0.717, 1.165) is 0 Å². The molecule has 0 aromatic carbocycles. The summed E-state index contributed by atoms with van der Waals surface area (Å²) < 4.78 is 0. The smallest absolute Gasteiger partial charge is 0.00111 e. The van der Waals surface area contributed by atoms with Crippen molar-refractivity contribution in [1.82, 2.24) is 4.90 Å². The van der Waals surface area contributed by atoms with Gasteiger partial charge in [0.2, 0.25) is 0 Å². The zero-order chi connectivity index (χ0) is 11.5. The van der Waals surface area contributed by atoms with E-state index < -0.39 is 0 Å². The van der Waals surface area contributed by atoms with E-state index in [0.29, 0.717) is 5.25 Å². The number of hydrogen-bond donors (Lipinski definition) is 1. The Hall–Kier alpha value is 0.310. The Balaban J connectivity index is 3.58. The minimum absolute atomic E-state index is 0.559. The summed E-state index contributed by atoms with van der Waals surface area (Å²) in [6, 6.07) is 0. The van der Waals surface area contributed by atoms with Crippen LogP contribution in [0.4, 0.5) is 0 Å². The van der Waals surface area contributed by atoms with Gasteiger partial charge in [-0.25, -0.2) is 0 Å². The van der Waals surface area contributed by atoms with Crippen LogP contribution in [-0.4, -0.2) is 29.8 Å². The first-order chi connectivity index (χ1) is 7.20. The fourth-order valence-corrected chi connectivity index (χ4v) is 1.89. The van der Waals surface area contributed by atoms with Crippen LogP contribution in [0.25, 0.3) is 0 Å². The van der Waals surface area contributed by atoms with Crippen molar-refractivity contribution in [2.24, 2.45) is 0 Å². The van der Waals surface area contributed by atoms with Crippen LogP contribution >= 0.6 is 12.6 Å². The number of unbranched alkanes of at least 4 members (excludes halogenated alkanes) is 2. The van der Waals surface area contributed by atoms with E-state index >= 15 is 0 Å². The Morgan fingerprint density at radius 3 is 1.80 bits per heavy atom. The van der Waals surface area contributed by atoms with Gasteiger partial charge in [0.1, 0.15) is 0 Å². The van der Waals surface area contributed by atoms with Crippen LogP contribution in [0.1, 0.15) is 59.3 Å². The second kappa shape index (κ2) is 10.8. The van der Waals surface area contributed by atoms with Crippen molar-refractivity contribution in [3.63, 3.8) is 0 Å². The monoisotopic (exact) mass is 231 g/mol. The molecule has 1 unspecified atom stereocenters. The summed E-state index contributed by atoms with van der Waals surface area (Å²) in [6.07, 6.45) is 7.87. The quantitative estimate of drug-likeness (QED) is 0.557. The standard InChI is InChI=1S/C13H29NS/c1-4-6-10-14(11-7-5-2)12-8-9-13(3)15/h13,15H,4-12H2,1-3H3. The van der Waals surface area contributed by atoms with Crippen molar-refractivity contribution >= 4 is 12.6 Å². The third-order valence-corrected chi connectivity index (χ3v) is 3.01. The van der Waals surface area contributed by atoms with Gasteiger partial charge in [-0.05, 0) is 50.6 Å². The fraction of sp³-hybridized carbons (Fsp3) is 1.00. The number of rotatable bonds is 10. The average Bonchev–Trinajstić information content (AvgIpc) is 2.20. The zero-order valence-corrected chi connectivity index (χ0v) is 11.7. The fourth-order valence-electron chi connectivity index (χ4n) is 1.71. The highest BCUT2D eigenvalue weighted by Gasteiger charge is 2.04. The third kappa shape index (κ3) is 10.6. The molecule has 0 rings (SSSR count). The largest absolute Gasteiger partial charge is 0.303 e. The predicted molar refractivity (Wildman–Crippen MR) is 73.9 cm³/mol. The molecule has 1 atom stereocenters. The van der Waals surface area contributed by atoms with Crippen LogP contribution in [0.3, 0.4) is 0 Å². The van der Waals surface area contributed by atoms with Crippen molar-refractivity contribution < 1.29 is 0 Å². The van der Waals surface area contributed by atoms with E-state index in [1.54, 1.807) is 0 Å². The van der Waals surface area contributed by atoms with Crippen molar-refractivity contribution in [3.05, 3.63) is 0 Å². The topological polar surface area (TPSA) is 3.24 Å². The Labute approximate surface area is 102 Å². The van der Waals surface area contributed by atoms with Crippen LogP contribution < -0.4 is 0 Å². The summed E-state index contributed by atoms with van der Waals surface area (Å²) in [7, 11) is 0. The summed E-state index contributed by atoms with van der Waals surface area (Å²) in [5, 5.41) is 0.559. The maximum atomic E-state index is 4.42. The molecular formula is C13H29NS. The van der Waals surface area contributed by atoms with Gasteiger partial charge in [-0.15, -0.1) is 0 Å². The van der Waals surface area contributed by atoms with Crippen LogP contribution in [-0.2, 0) is 0 Å². The first-order valence-corrected chi connectivity index (χ1v) is 7.12. The molecule has 0 aliphatic rings. The summed E-state index contributed by atoms with van der Waals surface area (Å²) in [5.74, 6) is 0. The van der Waals surface area contributed by atoms with Crippen molar-refractivity contribution in [2.75, 3.05) is 19.6 Å². The molecule has 15 heavy (non-hydrogen) atoms. The van der Waals surface area contributed by atoms with Crippen molar-refractivity contribution in [1.29, 1.82) is 0 Å². The molecule has 0 aromatic rings. The first-order valence-electron chi connectivity index (χ1n) is 6.61. The molecule has 0 aliphatic heterocycles. The third-order valence-electron chi connectivity index (χ3n) is 2.75. The van der Waals surface area contributed by atoms with E-state index in [-0.39, 0.29) is 0 Å². The number of hydrogen-bond acceptors (Lipinski definition) is 2. The van der Waals surface area contributed by atoms with Gasteiger partial charge in [0.25, 0.3) is 0 Å². The Kier molecular flexibility index (Phi) is 11.0. The van der Waals surface area contributed by atoms with Gasteiger partial charge >= 0.3 is 0 Å². The van der Waals surface area contributed by atoms with E-state index in [9.17, 15) is 0 Å². The highest BCUT2D eigenvalue weighted by Crippen LogP contribution is 2.06. The molecule has 0 spiro atoms. The molecular weight excluding hydrogens is 202 g/mol. The summed E-state index contributed by atoms with van der Waals surface area (Å²) >= 11 is 4.42. The molecule has 0 N–H and O–H groups in total. The Bertz CT molecular complexity index is 118. The lowest BCUT2D eigenvalue weighted by Gasteiger charge is -2.22. The number of thiol groups is 1. The lowest BCUT2D eigenvalue weighted by Crippen LogP contribution is -2.27. The molecule has 0 bridgehead atoms. The van der Waals surface area contributed by atoms with Gasteiger partial charge < -0.3 is 4.90 Å². The molecule has 0 heterocycles. The van der Waals surface area contributed by atoms with Crippen molar-refractivity contribution in [2.45, 2.75) is 64.5 Å². The molecule has 0 aromatic heterocycles. The lowest BCUT2D eigenvalue weighted by atomic mass is 10.2. The maximum absolute atomic E-state index is 4.42. The molecule has 0 fully saturated rings. The van der Waals surface area contributed by atoms with Gasteiger partial charge in [-0.1, -0.05) is 33.6 Å². The highest BCUT2D eigenvalue weighted by molar-refractivity contribution is 7.80. The highest BCUT2D eigenvalue weighted by atomic mass is 32.1. The summed E-state index contributed by atoms with van der Waals surface area (Å²) in [5.41, 5.74) is 0. The first kappa shape index (κ1) is 15.3. The average molecular weight is 231 g/mol. The molecule has 0 saturated heterocycles. The van der Waals surface area contributed by atoms with Gasteiger partial charge in [0.15, 0.2) is 0 Å². The minimum atomic E-state index is 0.559. The maximum Gasteiger partial charge on any atom is -0.00111 e. The van der Waals surface area contributed by atoms with Crippen LogP contribution in [0.5, 0.6) is 0 Å². The van der Waals surface area contributed by atoms with E-state index in [1.165, 1.54) is 58.2 Å². The second-order valence-electron chi connectivity index (χ2n) is 4.54. The van der Waals surface area contributed by atoms with Crippen LogP contribution in [0.2, 0.25) is 0 Å². The predicted octanol–water partition coefficient (Wildman–Crippen LogP) is 3.99.